The van der Waals surface area contributed by atoms with Crippen LogP contribution in [0.2, 0.25) is 0 Å². The van der Waals surface area contributed by atoms with Crippen LogP contribution in [-0.2, 0) is 9.53 Å². The summed E-state index contributed by atoms with van der Waals surface area (Å²) in [6.45, 7) is 1.87. The van der Waals surface area contributed by atoms with E-state index in [0.717, 1.165) is 0 Å². The maximum Gasteiger partial charge on any atom is 0.225 e. The summed E-state index contributed by atoms with van der Waals surface area (Å²) in [7, 11) is 1.61. The SMILES string of the molecule is COCCN1CCC(O)CC1=O. The van der Waals surface area contributed by atoms with Crippen molar-refractivity contribution in [1.29, 1.82) is 0 Å². The second kappa shape index (κ2) is 4.42. The molecule has 0 radical (unpaired) electrons. The Morgan fingerprint density at radius 1 is 1.75 bits per heavy atom. The molecule has 0 aromatic heterocycles. The number of piperidine rings is 1. The fourth-order valence-electron chi connectivity index (χ4n) is 1.30. The largest absolute Gasteiger partial charge is 0.393 e. The number of nitrogens with zero attached hydrogens (tertiary/aromatic N) is 1. The molecule has 1 fully saturated rings. The van der Waals surface area contributed by atoms with Crippen LogP contribution in [0.4, 0.5) is 0 Å². The molecule has 1 atom stereocenters. The third-order valence-electron chi connectivity index (χ3n) is 2.06. The molecular formula is C8H15NO3. The second-order valence-corrected chi connectivity index (χ2v) is 3.02. The van der Waals surface area contributed by atoms with E-state index in [9.17, 15) is 4.79 Å². The maximum absolute atomic E-state index is 11.2. The topological polar surface area (TPSA) is 49.8 Å². The molecule has 4 nitrogen and oxygen atoms in total. The summed E-state index contributed by atoms with van der Waals surface area (Å²) in [5.74, 6) is 0.0331. The van der Waals surface area contributed by atoms with Crippen LogP contribution >= 0.6 is 0 Å². The first-order valence-corrected chi connectivity index (χ1v) is 4.19. The number of aliphatic hydroxyl groups excluding tert-OH is 1. The highest BCUT2D eigenvalue weighted by atomic mass is 16.5. The molecule has 0 aromatic carbocycles. The molecule has 0 aromatic rings. The Morgan fingerprint density at radius 2 is 2.50 bits per heavy atom. The van der Waals surface area contributed by atoms with Crippen LogP contribution in [-0.4, -0.2) is 48.8 Å². The lowest BCUT2D eigenvalue weighted by atomic mass is 10.1. The zero-order valence-electron chi connectivity index (χ0n) is 7.32. The summed E-state index contributed by atoms with van der Waals surface area (Å²) in [5.41, 5.74) is 0. The van der Waals surface area contributed by atoms with E-state index in [0.29, 0.717) is 26.1 Å². The van der Waals surface area contributed by atoms with Crippen LogP contribution in [0, 0.1) is 0 Å². The van der Waals surface area contributed by atoms with Crippen LogP contribution in [0.3, 0.4) is 0 Å². The molecule has 0 bridgehead atoms. The van der Waals surface area contributed by atoms with Crippen LogP contribution in [0.25, 0.3) is 0 Å². The summed E-state index contributed by atoms with van der Waals surface area (Å²) in [4.78, 5) is 13.0. The molecule has 1 aliphatic rings. The number of hydrogen-bond donors (Lipinski definition) is 1. The van der Waals surface area contributed by atoms with E-state index in [1.165, 1.54) is 0 Å². The molecule has 1 aliphatic heterocycles. The Bertz CT molecular complexity index is 158. The normalized spacial score (nSPS) is 24.7. The minimum Gasteiger partial charge on any atom is -0.393 e. The van der Waals surface area contributed by atoms with Crippen molar-refractivity contribution in [2.45, 2.75) is 18.9 Å². The smallest absolute Gasteiger partial charge is 0.225 e. The summed E-state index contributed by atoms with van der Waals surface area (Å²) >= 11 is 0. The van der Waals surface area contributed by atoms with Gasteiger partial charge in [-0.3, -0.25) is 4.79 Å². The summed E-state index contributed by atoms with van der Waals surface area (Å²) in [6, 6.07) is 0. The second-order valence-electron chi connectivity index (χ2n) is 3.02. The van der Waals surface area contributed by atoms with Gasteiger partial charge in [0.1, 0.15) is 0 Å². The van der Waals surface area contributed by atoms with Gasteiger partial charge in [0.15, 0.2) is 0 Å². The third kappa shape index (κ3) is 2.46. The van der Waals surface area contributed by atoms with E-state index in [-0.39, 0.29) is 12.3 Å². The number of amides is 1. The molecule has 4 heteroatoms. The van der Waals surface area contributed by atoms with Crippen molar-refractivity contribution >= 4 is 5.91 Å². The van der Waals surface area contributed by atoms with Gasteiger partial charge in [0, 0.05) is 20.2 Å². The van der Waals surface area contributed by atoms with E-state index in [2.05, 4.69) is 0 Å². The van der Waals surface area contributed by atoms with Crippen molar-refractivity contribution in [2.24, 2.45) is 0 Å². The van der Waals surface area contributed by atoms with E-state index < -0.39 is 6.10 Å². The van der Waals surface area contributed by atoms with Gasteiger partial charge in [-0.1, -0.05) is 0 Å². The van der Waals surface area contributed by atoms with Gasteiger partial charge in [-0.2, -0.15) is 0 Å². The van der Waals surface area contributed by atoms with Gasteiger partial charge in [0.2, 0.25) is 5.91 Å². The fraction of sp³-hybridized carbons (Fsp3) is 0.875. The highest BCUT2D eigenvalue weighted by molar-refractivity contribution is 5.77. The zero-order valence-corrected chi connectivity index (χ0v) is 7.32. The molecule has 1 N–H and O–H groups in total. The van der Waals surface area contributed by atoms with Gasteiger partial charge in [-0.15, -0.1) is 0 Å². The number of carbonyl (C=O) groups excluding carboxylic acids is 1. The molecule has 0 spiro atoms. The third-order valence-corrected chi connectivity index (χ3v) is 2.06. The average Bonchev–Trinajstić information content (AvgIpc) is 2.03. The molecule has 70 valence electrons. The Morgan fingerprint density at radius 3 is 3.08 bits per heavy atom. The van der Waals surface area contributed by atoms with Crippen molar-refractivity contribution in [3.05, 3.63) is 0 Å². The van der Waals surface area contributed by atoms with E-state index >= 15 is 0 Å². The van der Waals surface area contributed by atoms with Crippen molar-refractivity contribution < 1.29 is 14.6 Å². The minimum absolute atomic E-state index is 0.0331. The molecule has 0 saturated carbocycles. The quantitative estimate of drug-likeness (QED) is 0.632. The van der Waals surface area contributed by atoms with Gasteiger partial charge in [0.05, 0.1) is 19.1 Å². The van der Waals surface area contributed by atoms with E-state index in [1.54, 1.807) is 12.0 Å². The first-order chi connectivity index (χ1) is 5.74. The van der Waals surface area contributed by atoms with Crippen molar-refractivity contribution in [1.82, 2.24) is 4.90 Å². The number of ether oxygens (including phenoxy) is 1. The molecule has 1 amide bonds. The summed E-state index contributed by atoms with van der Waals surface area (Å²) in [5, 5.41) is 9.14. The van der Waals surface area contributed by atoms with Crippen LogP contribution in [0.5, 0.6) is 0 Å². The fourth-order valence-corrected chi connectivity index (χ4v) is 1.30. The van der Waals surface area contributed by atoms with Crippen LogP contribution in [0.15, 0.2) is 0 Å². The zero-order chi connectivity index (χ0) is 8.97. The highest BCUT2D eigenvalue weighted by Crippen LogP contribution is 2.10. The van der Waals surface area contributed by atoms with Crippen LogP contribution < -0.4 is 0 Å². The van der Waals surface area contributed by atoms with E-state index in [4.69, 9.17) is 9.84 Å². The molecular weight excluding hydrogens is 158 g/mol. The van der Waals surface area contributed by atoms with Gasteiger partial charge in [0.25, 0.3) is 0 Å². The molecule has 1 unspecified atom stereocenters. The Labute approximate surface area is 72.1 Å². The Hall–Kier alpha value is -0.610. The lowest BCUT2D eigenvalue weighted by Gasteiger charge is -2.29. The van der Waals surface area contributed by atoms with Crippen LogP contribution in [0.1, 0.15) is 12.8 Å². The summed E-state index contributed by atoms with van der Waals surface area (Å²) in [6.07, 6.45) is 0.524. The number of likely N-dealkylation sites (tertiary alicyclic amines) is 1. The van der Waals surface area contributed by atoms with Gasteiger partial charge < -0.3 is 14.7 Å². The summed E-state index contributed by atoms with van der Waals surface area (Å²) < 4.78 is 4.86. The highest BCUT2D eigenvalue weighted by Gasteiger charge is 2.23. The predicted molar refractivity (Wildman–Crippen MR) is 43.7 cm³/mol. The Kier molecular flexibility index (Phi) is 3.49. The van der Waals surface area contributed by atoms with Gasteiger partial charge in [-0.05, 0) is 6.42 Å². The number of methoxy groups -OCH3 is 1. The minimum atomic E-state index is -0.434. The first kappa shape index (κ1) is 9.48. The van der Waals surface area contributed by atoms with E-state index in [1.807, 2.05) is 0 Å². The van der Waals surface area contributed by atoms with Crippen molar-refractivity contribution in [3.63, 3.8) is 0 Å². The molecule has 1 heterocycles. The van der Waals surface area contributed by atoms with Gasteiger partial charge >= 0.3 is 0 Å². The lowest BCUT2D eigenvalue weighted by Crippen LogP contribution is -2.42. The predicted octanol–water partition coefficient (Wildman–Crippen LogP) is -0.384. The molecule has 0 aliphatic carbocycles. The monoisotopic (exact) mass is 173 g/mol. The average molecular weight is 173 g/mol. The number of carbonyl (C=O) groups is 1. The maximum atomic E-state index is 11.2. The first-order valence-electron chi connectivity index (χ1n) is 4.19. The number of rotatable bonds is 3. The Balaban J connectivity index is 2.30. The lowest BCUT2D eigenvalue weighted by molar-refractivity contribution is -0.137. The molecule has 12 heavy (non-hydrogen) atoms. The number of hydrogen-bond acceptors (Lipinski definition) is 3. The standard InChI is InChI=1S/C8H15NO3/c1-12-5-4-9-3-2-7(10)6-8(9)11/h7,10H,2-6H2,1H3. The molecule has 1 rings (SSSR count). The van der Waals surface area contributed by atoms with Crippen molar-refractivity contribution in [3.8, 4) is 0 Å². The van der Waals surface area contributed by atoms with Gasteiger partial charge in [-0.25, -0.2) is 0 Å². The number of aliphatic hydroxyl groups is 1. The van der Waals surface area contributed by atoms with Crippen molar-refractivity contribution in [2.75, 3.05) is 26.8 Å². The molecule has 1 saturated heterocycles.